The molecule has 0 radical (unpaired) electrons. The number of rotatable bonds is 5. The highest BCUT2D eigenvalue weighted by molar-refractivity contribution is 6.30. The van der Waals surface area contributed by atoms with Crippen LogP contribution < -0.4 is 0 Å². The van der Waals surface area contributed by atoms with Crippen LogP contribution in [0.1, 0.15) is 40.4 Å². The van der Waals surface area contributed by atoms with Gasteiger partial charge in [-0.1, -0.05) is 60.1 Å². The first-order valence-electron chi connectivity index (χ1n) is 8.80. The number of carbonyl (C=O) groups is 2. The number of hydrogen-bond donors (Lipinski definition) is 0. The molecule has 3 aromatic rings. The number of esters is 1. The molecule has 0 bridgehead atoms. The lowest BCUT2D eigenvalue weighted by Gasteiger charge is -2.15. The first-order valence-corrected chi connectivity index (χ1v) is 9.18. The number of carbonyl (C=O) groups excluding carboxylic acids is 2. The van der Waals surface area contributed by atoms with Crippen LogP contribution in [0.5, 0.6) is 0 Å². The molecule has 0 aromatic heterocycles. The van der Waals surface area contributed by atoms with E-state index in [1.807, 2.05) is 48.5 Å². The minimum absolute atomic E-state index is 0.0439. The Morgan fingerprint density at radius 2 is 1.33 bits per heavy atom. The normalized spacial score (nSPS) is 12.3. The molecule has 0 amide bonds. The van der Waals surface area contributed by atoms with Crippen LogP contribution in [-0.2, 0) is 9.53 Å². The van der Waals surface area contributed by atoms with Crippen molar-refractivity contribution in [2.24, 2.45) is 0 Å². The summed E-state index contributed by atoms with van der Waals surface area (Å²) < 4.78 is 5.76. The van der Waals surface area contributed by atoms with Crippen molar-refractivity contribution >= 4 is 23.4 Å². The lowest BCUT2D eigenvalue weighted by molar-refractivity contribution is -0.147. The van der Waals surface area contributed by atoms with Crippen molar-refractivity contribution in [3.8, 4) is 11.1 Å². The molecule has 0 saturated carbocycles. The maximum atomic E-state index is 12.4. The first kappa shape index (κ1) is 17.5. The van der Waals surface area contributed by atoms with Crippen molar-refractivity contribution in [1.82, 2.24) is 0 Å². The average Bonchev–Trinajstić information content (AvgIpc) is 3.01. The Labute approximate surface area is 162 Å². The summed E-state index contributed by atoms with van der Waals surface area (Å²) in [5, 5.41) is 0.574. The Balaban J connectivity index is 1.45. The zero-order valence-corrected chi connectivity index (χ0v) is 15.3. The highest BCUT2D eigenvalue weighted by atomic mass is 35.5. The summed E-state index contributed by atoms with van der Waals surface area (Å²) in [5.41, 5.74) is 4.68. The van der Waals surface area contributed by atoms with Gasteiger partial charge in [-0.15, -0.1) is 0 Å². The summed E-state index contributed by atoms with van der Waals surface area (Å²) in [5.74, 6) is -0.482. The zero-order valence-electron chi connectivity index (χ0n) is 14.5. The molecule has 27 heavy (non-hydrogen) atoms. The van der Waals surface area contributed by atoms with Crippen molar-refractivity contribution in [2.75, 3.05) is 0 Å². The molecule has 4 heteroatoms. The molecule has 1 aliphatic rings. The van der Waals surface area contributed by atoms with E-state index in [1.54, 1.807) is 24.3 Å². The van der Waals surface area contributed by atoms with E-state index in [2.05, 4.69) is 0 Å². The average molecular weight is 377 g/mol. The molecular formula is C23H17ClO3. The summed E-state index contributed by atoms with van der Waals surface area (Å²) in [4.78, 5) is 24.7. The van der Waals surface area contributed by atoms with Crippen molar-refractivity contribution in [3.63, 3.8) is 0 Å². The number of fused-ring (bicyclic) bond motifs is 3. The first-order chi connectivity index (χ1) is 13.1. The van der Waals surface area contributed by atoms with Crippen LogP contribution in [0.3, 0.4) is 0 Å². The lowest BCUT2D eigenvalue weighted by atomic mass is 10.1. The zero-order chi connectivity index (χ0) is 18.8. The summed E-state index contributed by atoms with van der Waals surface area (Å²) in [6, 6.07) is 22.5. The van der Waals surface area contributed by atoms with Crippen molar-refractivity contribution in [1.29, 1.82) is 0 Å². The molecule has 0 heterocycles. The van der Waals surface area contributed by atoms with Crippen LogP contribution >= 0.6 is 11.6 Å². The second kappa shape index (κ2) is 7.37. The van der Waals surface area contributed by atoms with Crippen LogP contribution in [0.15, 0.2) is 72.8 Å². The van der Waals surface area contributed by atoms with Gasteiger partial charge in [-0.25, -0.2) is 0 Å². The number of halogens is 1. The van der Waals surface area contributed by atoms with Gasteiger partial charge in [0.2, 0.25) is 0 Å². The summed E-state index contributed by atoms with van der Waals surface area (Å²) >= 11 is 5.84. The van der Waals surface area contributed by atoms with E-state index in [0.29, 0.717) is 10.6 Å². The number of Topliss-reactive ketones (excluding diaryl/α,β-unsaturated/α-hetero) is 1. The maximum Gasteiger partial charge on any atom is 0.307 e. The van der Waals surface area contributed by atoms with Gasteiger partial charge in [0.15, 0.2) is 11.9 Å². The quantitative estimate of drug-likeness (QED) is 0.429. The second-order valence-electron chi connectivity index (χ2n) is 6.47. The van der Waals surface area contributed by atoms with Gasteiger partial charge in [0.25, 0.3) is 0 Å². The second-order valence-corrected chi connectivity index (χ2v) is 6.91. The Bertz CT molecular complexity index is 963. The number of benzene rings is 3. The van der Waals surface area contributed by atoms with Gasteiger partial charge >= 0.3 is 5.97 Å². The van der Waals surface area contributed by atoms with Crippen LogP contribution in [-0.4, -0.2) is 11.8 Å². The van der Waals surface area contributed by atoms with Crippen LogP contribution in [0.25, 0.3) is 11.1 Å². The highest BCUT2D eigenvalue weighted by Gasteiger charge is 2.30. The molecule has 0 atom stereocenters. The third-order valence-corrected chi connectivity index (χ3v) is 5.00. The van der Waals surface area contributed by atoms with Crippen LogP contribution in [0, 0.1) is 0 Å². The molecular weight excluding hydrogens is 360 g/mol. The van der Waals surface area contributed by atoms with Crippen LogP contribution in [0.2, 0.25) is 5.02 Å². The fourth-order valence-electron chi connectivity index (χ4n) is 3.42. The van der Waals surface area contributed by atoms with Crippen LogP contribution in [0.4, 0.5) is 0 Å². The lowest BCUT2D eigenvalue weighted by Crippen LogP contribution is -2.12. The van der Waals surface area contributed by atoms with Crippen molar-refractivity contribution < 1.29 is 14.3 Å². The van der Waals surface area contributed by atoms with Gasteiger partial charge in [-0.2, -0.15) is 0 Å². The Kier molecular flexibility index (Phi) is 4.78. The minimum Gasteiger partial charge on any atom is -0.452 e. The largest absolute Gasteiger partial charge is 0.452 e. The highest BCUT2D eigenvalue weighted by Crippen LogP contribution is 2.45. The number of ketones is 1. The molecule has 3 aromatic carbocycles. The Hall–Kier alpha value is -2.91. The Morgan fingerprint density at radius 1 is 0.778 bits per heavy atom. The van der Waals surface area contributed by atoms with E-state index in [-0.39, 0.29) is 24.6 Å². The molecule has 4 rings (SSSR count). The van der Waals surface area contributed by atoms with Gasteiger partial charge in [-0.3, -0.25) is 9.59 Å². The molecule has 0 N–H and O–H groups in total. The van der Waals surface area contributed by atoms with Gasteiger partial charge in [-0.05, 0) is 35.4 Å². The van der Waals surface area contributed by atoms with Gasteiger partial charge in [0.05, 0.1) is 6.42 Å². The molecule has 0 unspecified atom stereocenters. The van der Waals surface area contributed by atoms with Crippen molar-refractivity contribution in [3.05, 3.63) is 94.5 Å². The molecule has 134 valence electrons. The minimum atomic E-state index is -0.421. The number of hydrogen-bond acceptors (Lipinski definition) is 3. The summed E-state index contributed by atoms with van der Waals surface area (Å²) in [6.45, 7) is 0. The van der Waals surface area contributed by atoms with E-state index in [1.165, 1.54) is 0 Å². The summed E-state index contributed by atoms with van der Waals surface area (Å²) in [7, 11) is 0. The third-order valence-electron chi connectivity index (χ3n) is 4.75. The van der Waals surface area contributed by atoms with Gasteiger partial charge in [0.1, 0.15) is 0 Å². The topological polar surface area (TPSA) is 43.4 Å². The number of ether oxygens (including phenoxy) is 1. The maximum absolute atomic E-state index is 12.4. The van der Waals surface area contributed by atoms with E-state index >= 15 is 0 Å². The summed E-state index contributed by atoms with van der Waals surface area (Å²) in [6.07, 6.45) is -0.269. The van der Waals surface area contributed by atoms with Crippen molar-refractivity contribution in [2.45, 2.75) is 18.9 Å². The van der Waals surface area contributed by atoms with E-state index in [9.17, 15) is 9.59 Å². The smallest absolute Gasteiger partial charge is 0.307 e. The molecule has 0 saturated heterocycles. The predicted molar refractivity (Wildman–Crippen MR) is 105 cm³/mol. The fraction of sp³-hybridized carbons (Fsp3) is 0.130. The predicted octanol–water partition coefficient (Wildman–Crippen LogP) is 5.62. The molecule has 0 fully saturated rings. The van der Waals surface area contributed by atoms with E-state index < -0.39 is 6.10 Å². The molecule has 1 aliphatic carbocycles. The SMILES string of the molecule is O=C(CCC(=O)c1ccc(Cl)cc1)OC1c2ccccc2-c2ccccc21. The monoisotopic (exact) mass is 376 g/mol. The molecule has 0 spiro atoms. The fourth-order valence-corrected chi connectivity index (χ4v) is 3.55. The third kappa shape index (κ3) is 3.51. The standard InChI is InChI=1S/C23H17ClO3/c24-16-11-9-15(10-12-16)21(25)13-14-22(26)27-23-19-7-3-1-5-17(19)18-6-2-4-8-20(18)23/h1-12,23H,13-14H2. The molecule has 3 nitrogen and oxygen atoms in total. The molecule has 0 aliphatic heterocycles. The Morgan fingerprint density at radius 3 is 1.93 bits per heavy atom. The van der Waals surface area contributed by atoms with Gasteiger partial charge < -0.3 is 4.74 Å². The van der Waals surface area contributed by atoms with E-state index in [0.717, 1.165) is 22.3 Å². The van der Waals surface area contributed by atoms with E-state index in [4.69, 9.17) is 16.3 Å². The van der Waals surface area contributed by atoms with Gasteiger partial charge in [0, 0.05) is 28.1 Å².